The van der Waals surface area contributed by atoms with Crippen LogP contribution in [-0.4, -0.2) is 17.6 Å². The molecule has 0 aromatic heterocycles. The molecule has 0 amide bonds. The van der Waals surface area contributed by atoms with Crippen molar-refractivity contribution in [3.63, 3.8) is 0 Å². The highest BCUT2D eigenvalue weighted by molar-refractivity contribution is 7.99. The van der Waals surface area contributed by atoms with Gasteiger partial charge in [0, 0.05) is 4.90 Å². The Hall–Kier alpha value is -0.590. The van der Waals surface area contributed by atoms with Gasteiger partial charge >= 0.3 is 0 Å². The fourth-order valence-electron chi connectivity index (χ4n) is 1.43. The minimum absolute atomic E-state index is 0.259. The van der Waals surface area contributed by atoms with Crippen molar-refractivity contribution in [1.82, 2.24) is 0 Å². The number of thioether (sulfide) groups is 2. The van der Waals surface area contributed by atoms with Crippen LogP contribution in [0.25, 0.3) is 0 Å². The Balaban J connectivity index is 3.36. The number of thiocarbonyl (C=S) groups is 1. The molecule has 0 saturated heterocycles. The van der Waals surface area contributed by atoms with Crippen LogP contribution in [0.15, 0.2) is 15.9 Å². The summed E-state index contributed by atoms with van der Waals surface area (Å²) in [6.07, 6.45) is 4.00. The van der Waals surface area contributed by atoms with Gasteiger partial charge in [0.15, 0.2) is 5.11 Å². The molecule has 0 radical (unpaired) electrons. The molecule has 0 aliphatic carbocycles. The largest absolute Gasteiger partial charge is 0.397 e. The van der Waals surface area contributed by atoms with E-state index in [1.54, 1.807) is 23.5 Å². The fraction of sp³-hybridized carbons (Fsp3) is 0.300. The van der Waals surface area contributed by atoms with Crippen molar-refractivity contribution in [2.24, 2.45) is 5.73 Å². The van der Waals surface area contributed by atoms with Gasteiger partial charge in [0.2, 0.25) is 0 Å². The first-order valence-corrected chi connectivity index (χ1v) is 7.44. The van der Waals surface area contributed by atoms with Gasteiger partial charge in [-0.1, -0.05) is 0 Å². The second-order valence-electron chi connectivity index (χ2n) is 3.21. The Morgan fingerprint density at radius 3 is 2.44 bits per heavy atom. The summed E-state index contributed by atoms with van der Waals surface area (Å²) in [6, 6.07) is 2.04. The molecule has 0 aliphatic rings. The Morgan fingerprint density at radius 2 is 2.00 bits per heavy atom. The molecular formula is C10H15N3S3. The number of hydrogen-bond acceptors (Lipinski definition) is 4. The summed E-state index contributed by atoms with van der Waals surface area (Å²) < 4.78 is 0. The molecule has 1 aromatic carbocycles. The van der Waals surface area contributed by atoms with Crippen molar-refractivity contribution in [3.05, 3.63) is 11.6 Å². The zero-order chi connectivity index (χ0) is 12.3. The molecule has 0 fully saturated rings. The summed E-state index contributed by atoms with van der Waals surface area (Å²) in [5.41, 5.74) is 14.4. The minimum Gasteiger partial charge on any atom is -0.397 e. The molecule has 0 saturated carbocycles. The zero-order valence-electron chi connectivity index (χ0n) is 9.46. The van der Waals surface area contributed by atoms with Crippen LogP contribution in [0, 0.1) is 6.92 Å². The standard InChI is InChI=1S/C10H15N3S3/c1-5-4-6(15-2)7(11)9(16-3)8(5)13-10(12)14/h4H,11H2,1-3H3,(H3,12,13,14). The third kappa shape index (κ3) is 2.75. The van der Waals surface area contributed by atoms with Crippen LogP contribution in [0.2, 0.25) is 0 Å². The molecule has 1 aromatic rings. The van der Waals surface area contributed by atoms with E-state index in [9.17, 15) is 0 Å². The van der Waals surface area contributed by atoms with E-state index in [1.165, 1.54) is 0 Å². The Morgan fingerprint density at radius 1 is 1.38 bits per heavy atom. The first kappa shape index (κ1) is 13.5. The average molecular weight is 273 g/mol. The zero-order valence-corrected chi connectivity index (χ0v) is 11.9. The van der Waals surface area contributed by atoms with Gasteiger partial charge < -0.3 is 16.8 Å². The summed E-state index contributed by atoms with van der Waals surface area (Å²) in [4.78, 5) is 2.08. The van der Waals surface area contributed by atoms with E-state index in [0.29, 0.717) is 0 Å². The molecular weight excluding hydrogens is 258 g/mol. The fourth-order valence-corrected chi connectivity index (χ4v) is 2.96. The molecule has 0 heterocycles. The number of anilines is 2. The maximum Gasteiger partial charge on any atom is 0.168 e. The molecule has 0 spiro atoms. The van der Waals surface area contributed by atoms with Gasteiger partial charge in [-0.25, -0.2) is 0 Å². The first-order valence-electron chi connectivity index (χ1n) is 4.58. The molecule has 0 aliphatic heterocycles. The maximum atomic E-state index is 6.08. The van der Waals surface area contributed by atoms with Gasteiger partial charge in [-0.3, -0.25) is 0 Å². The normalized spacial score (nSPS) is 10.2. The predicted octanol–water partition coefficient (Wildman–Crippen LogP) is 2.68. The number of hydrogen-bond donors (Lipinski definition) is 3. The van der Waals surface area contributed by atoms with E-state index in [1.807, 2.05) is 25.5 Å². The van der Waals surface area contributed by atoms with E-state index in [0.717, 1.165) is 26.7 Å². The van der Waals surface area contributed by atoms with E-state index < -0.39 is 0 Å². The smallest absolute Gasteiger partial charge is 0.168 e. The third-order valence-corrected chi connectivity index (χ3v) is 3.86. The van der Waals surface area contributed by atoms with Gasteiger partial charge in [0.25, 0.3) is 0 Å². The van der Waals surface area contributed by atoms with Crippen molar-refractivity contribution in [1.29, 1.82) is 0 Å². The van der Waals surface area contributed by atoms with Crippen molar-refractivity contribution in [3.8, 4) is 0 Å². The molecule has 88 valence electrons. The van der Waals surface area contributed by atoms with Gasteiger partial charge in [-0.05, 0) is 43.3 Å². The molecule has 5 N–H and O–H groups in total. The molecule has 0 bridgehead atoms. The van der Waals surface area contributed by atoms with E-state index in [4.69, 9.17) is 23.7 Å². The number of nitrogens with one attached hydrogen (secondary N) is 1. The molecule has 0 unspecified atom stereocenters. The Labute approximate surface area is 110 Å². The minimum atomic E-state index is 0.259. The van der Waals surface area contributed by atoms with Crippen LogP contribution >= 0.6 is 35.7 Å². The van der Waals surface area contributed by atoms with Crippen LogP contribution in [0.1, 0.15) is 5.56 Å². The third-order valence-electron chi connectivity index (χ3n) is 2.15. The number of aryl methyl sites for hydroxylation is 1. The van der Waals surface area contributed by atoms with Gasteiger partial charge in [-0.15, -0.1) is 23.5 Å². The van der Waals surface area contributed by atoms with Gasteiger partial charge in [-0.2, -0.15) is 0 Å². The van der Waals surface area contributed by atoms with Crippen LogP contribution < -0.4 is 16.8 Å². The SMILES string of the molecule is CSc1cc(C)c(NC(N)=S)c(SC)c1N. The quantitative estimate of drug-likeness (QED) is 0.447. The number of nitrogens with two attached hydrogens (primary N) is 2. The summed E-state index contributed by atoms with van der Waals surface area (Å²) in [5, 5.41) is 3.24. The highest BCUT2D eigenvalue weighted by Crippen LogP contribution is 2.39. The van der Waals surface area contributed by atoms with Crippen molar-refractivity contribution < 1.29 is 0 Å². The van der Waals surface area contributed by atoms with Crippen molar-refractivity contribution >= 4 is 52.2 Å². The van der Waals surface area contributed by atoms with E-state index in [2.05, 4.69) is 5.32 Å². The van der Waals surface area contributed by atoms with E-state index >= 15 is 0 Å². The number of nitrogen functional groups attached to an aromatic ring is 1. The lowest BCUT2D eigenvalue weighted by molar-refractivity contribution is 1.28. The maximum absolute atomic E-state index is 6.08. The molecule has 6 heteroatoms. The Kier molecular flexibility index (Phi) is 4.76. The average Bonchev–Trinajstić information content (AvgIpc) is 2.23. The highest BCUT2D eigenvalue weighted by Gasteiger charge is 2.13. The van der Waals surface area contributed by atoms with Gasteiger partial charge in [0.1, 0.15) is 0 Å². The second-order valence-corrected chi connectivity index (χ2v) is 5.31. The van der Waals surface area contributed by atoms with Crippen molar-refractivity contribution in [2.75, 3.05) is 23.6 Å². The summed E-state index contributed by atoms with van der Waals surface area (Å²) >= 11 is 8.09. The Bertz CT molecular complexity index is 418. The van der Waals surface area contributed by atoms with Crippen LogP contribution in [0.4, 0.5) is 11.4 Å². The second kappa shape index (κ2) is 5.65. The predicted molar refractivity (Wildman–Crippen MR) is 79.6 cm³/mol. The monoisotopic (exact) mass is 273 g/mol. The lowest BCUT2D eigenvalue weighted by Gasteiger charge is -2.17. The summed E-state index contributed by atoms with van der Waals surface area (Å²) in [6.45, 7) is 2.01. The lowest BCUT2D eigenvalue weighted by Crippen LogP contribution is -2.20. The van der Waals surface area contributed by atoms with Crippen LogP contribution in [0.3, 0.4) is 0 Å². The van der Waals surface area contributed by atoms with Gasteiger partial charge in [0.05, 0.1) is 16.3 Å². The van der Waals surface area contributed by atoms with Crippen LogP contribution in [-0.2, 0) is 0 Å². The van der Waals surface area contributed by atoms with Crippen molar-refractivity contribution in [2.45, 2.75) is 16.7 Å². The number of rotatable bonds is 3. The molecule has 0 atom stereocenters. The van der Waals surface area contributed by atoms with Crippen LogP contribution in [0.5, 0.6) is 0 Å². The first-order chi connectivity index (χ1) is 7.51. The topological polar surface area (TPSA) is 64.1 Å². The molecule has 3 nitrogen and oxygen atoms in total. The lowest BCUT2D eigenvalue weighted by atomic mass is 10.2. The van der Waals surface area contributed by atoms with E-state index in [-0.39, 0.29) is 5.11 Å². The highest BCUT2D eigenvalue weighted by atomic mass is 32.2. The molecule has 16 heavy (non-hydrogen) atoms. The summed E-state index contributed by atoms with van der Waals surface area (Å²) in [7, 11) is 0. The molecule has 1 rings (SSSR count). The summed E-state index contributed by atoms with van der Waals surface area (Å²) in [5.74, 6) is 0. The number of benzene rings is 1.